The predicted molar refractivity (Wildman–Crippen MR) is 258 cm³/mol. The van der Waals surface area contributed by atoms with Crippen molar-refractivity contribution in [2.24, 2.45) is 23.7 Å². The van der Waals surface area contributed by atoms with Crippen molar-refractivity contribution in [2.75, 3.05) is 4.90 Å². The quantitative estimate of drug-likeness (QED) is 0.162. The normalized spacial score (nSPS) is 22.9. The second-order valence-electron chi connectivity index (χ2n) is 19.8. The summed E-state index contributed by atoms with van der Waals surface area (Å²) in [5.74, 6) is 3.46. The molecule has 6 aliphatic carbocycles. The molecule has 0 atom stereocenters. The lowest BCUT2D eigenvalue weighted by atomic mass is 9.43. The van der Waals surface area contributed by atoms with Crippen LogP contribution in [0.1, 0.15) is 68.2 Å². The van der Waals surface area contributed by atoms with Gasteiger partial charge >= 0.3 is 0 Å². The van der Waals surface area contributed by atoms with E-state index in [9.17, 15) is 0 Å². The molecule has 6 aliphatic rings. The van der Waals surface area contributed by atoms with Crippen molar-refractivity contribution in [1.82, 2.24) is 0 Å². The molecule has 1 nitrogen and oxygen atoms in total. The van der Waals surface area contributed by atoms with Crippen molar-refractivity contribution in [1.29, 1.82) is 0 Å². The summed E-state index contributed by atoms with van der Waals surface area (Å²) in [5.41, 5.74) is 22.7. The van der Waals surface area contributed by atoms with Crippen LogP contribution in [0.15, 0.2) is 188 Å². The molecule has 300 valence electrons. The summed E-state index contributed by atoms with van der Waals surface area (Å²) >= 11 is 0. The van der Waals surface area contributed by atoms with Gasteiger partial charge in [0.1, 0.15) is 0 Å². The number of anilines is 3. The van der Waals surface area contributed by atoms with Crippen LogP contribution in [0.25, 0.3) is 55.6 Å². The van der Waals surface area contributed by atoms with Crippen LogP contribution in [0.5, 0.6) is 0 Å². The molecule has 8 aromatic carbocycles. The molecule has 1 spiro atoms. The van der Waals surface area contributed by atoms with E-state index in [0.29, 0.717) is 0 Å². The Kier molecular flexibility index (Phi) is 7.91. The molecule has 4 saturated carbocycles. The van der Waals surface area contributed by atoms with Gasteiger partial charge in [-0.2, -0.15) is 0 Å². The number of nitrogens with zero attached hydrogens (tertiary/aromatic N) is 1. The molecule has 0 heterocycles. The molecule has 0 amide bonds. The Balaban J connectivity index is 0.886. The van der Waals surface area contributed by atoms with Gasteiger partial charge in [-0.3, -0.25) is 0 Å². The zero-order valence-electron chi connectivity index (χ0n) is 35.7. The van der Waals surface area contributed by atoms with Crippen LogP contribution in [-0.4, -0.2) is 0 Å². The van der Waals surface area contributed by atoms with E-state index in [1.165, 1.54) is 105 Å². The van der Waals surface area contributed by atoms with Crippen LogP contribution in [0.2, 0.25) is 0 Å². The second-order valence-corrected chi connectivity index (χ2v) is 19.8. The molecule has 0 aliphatic heterocycles. The number of hydrogen-bond donors (Lipinski definition) is 0. The molecule has 62 heavy (non-hydrogen) atoms. The van der Waals surface area contributed by atoms with Crippen LogP contribution in [-0.2, 0) is 10.8 Å². The molecule has 0 saturated heterocycles. The third-order valence-electron chi connectivity index (χ3n) is 16.3. The lowest BCUT2D eigenvalue weighted by Crippen LogP contribution is -2.55. The summed E-state index contributed by atoms with van der Waals surface area (Å²) < 4.78 is 0. The average Bonchev–Trinajstić information content (AvgIpc) is 3.73. The van der Waals surface area contributed by atoms with Crippen LogP contribution in [0.3, 0.4) is 0 Å². The van der Waals surface area contributed by atoms with E-state index in [-0.39, 0.29) is 10.8 Å². The Hall–Kier alpha value is -6.44. The lowest BCUT2D eigenvalue weighted by Gasteiger charge is -2.61. The summed E-state index contributed by atoms with van der Waals surface area (Å²) in [7, 11) is 0. The monoisotopic (exact) mass is 797 g/mol. The molecule has 0 N–H and O–H groups in total. The van der Waals surface area contributed by atoms with Crippen molar-refractivity contribution in [3.8, 4) is 55.6 Å². The van der Waals surface area contributed by atoms with Gasteiger partial charge in [0.15, 0.2) is 0 Å². The highest BCUT2D eigenvalue weighted by molar-refractivity contribution is 5.89. The van der Waals surface area contributed by atoms with E-state index in [1.54, 1.807) is 11.1 Å². The van der Waals surface area contributed by atoms with E-state index in [0.717, 1.165) is 35.0 Å². The van der Waals surface area contributed by atoms with Crippen molar-refractivity contribution in [3.63, 3.8) is 0 Å². The zero-order valence-corrected chi connectivity index (χ0v) is 35.7. The van der Waals surface area contributed by atoms with E-state index in [4.69, 9.17) is 0 Å². The predicted octanol–water partition coefficient (Wildman–Crippen LogP) is 16.2. The average molecular weight is 798 g/mol. The van der Waals surface area contributed by atoms with Gasteiger partial charge in [-0.15, -0.1) is 0 Å². The molecule has 0 unspecified atom stereocenters. The smallest absolute Gasteiger partial charge is 0.0465 e. The van der Waals surface area contributed by atoms with Gasteiger partial charge in [-0.25, -0.2) is 0 Å². The van der Waals surface area contributed by atoms with Gasteiger partial charge in [0.2, 0.25) is 0 Å². The fourth-order valence-electron chi connectivity index (χ4n) is 13.7. The summed E-state index contributed by atoms with van der Waals surface area (Å²) in [4.78, 5) is 2.45. The van der Waals surface area contributed by atoms with Crippen molar-refractivity contribution < 1.29 is 0 Å². The first kappa shape index (κ1) is 36.2. The van der Waals surface area contributed by atoms with Crippen LogP contribution in [0.4, 0.5) is 17.1 Å². The Morgan fingerprint density at radius 1 is 0.339 bits per heavy atom. The first-order valence-electron chi connectivity index (χ1n) is 23.1. The maximum absolute atomic E-state index is 2.55. The minimum absolute atomic E-state index is 0.153. The Labute approximate surface area is 366 Å². The molecule has 4 fully saturated rings. The highest BCUT2D eigenvalue weighted by atomic mass is 15.1. The first-order valence-corrected chi connectivity index (χ1v) is 23.1. The lowest BCUT2D eigenvalue weighted by molar-refractivity contribution is -0.0399. The van der Waals surface area contributed by atoms with Crippen LogP contribution < -0.4 is 4.90 Å². The standard InChI is InChI=1S/C61H51N/c1-60(2)58-37-46(42-13-7-4-8-14-42)21-28-53(58)54-29-27-51(38-59(54)60)62(49-23-17-43(18-24-49)41-11-5-3-6-12-41)50-25-19-44(20-26-50)45-22-30-57-55(36-45)52-15-9-10-16-56(52)61(57)47-32-39-31-40(34-47)35-48(61)33-39/h3-30,36-40,47-48H,31-35H2,1-2H3. The molecule has 0 aromatic heterocycles. The second kappa shape index (κ2) is 13.5. The molecular formula is C61H51N. The Morgan fingerprint density at radius 3 is 1.42 bits per heavy atom. The first-order chi connectivity index (χ1) is 30.4. The largest absolute Gasteiger partial charge is 0.310 e. The maximum atomic E-state index is 2.55. The third-order valence-corrected chi connectivity index (χ3v) is 16.3. The number of hydrogen-bond acceptors (Lipinski definition) is 1. The molecule has 14 rings (SSSR count). The molecular weight excluding hydrogens is 747 g/mol. The molecule has 1 heteroatoms. The fraction of sp³-hybridized carbons (Fsp3) is 0.213. The summed E-state index contributed by atoms with van der Waals surface area (Å²) in [6, 6.07) is 71.1. The van der Waals surface area contributed by atoms with Gasteiger partial charge in [0.05, 0.1) is 0 Å². The Morgan fingerprint density at radius 2 is 0.774 bits per heavy atom. The van der Waals surface area contributed by atoms with Gasteiger partial charge in [-0.1, -0.05) is 153 Å². The van der Waals surface area contributed by atoms with E-state index in [1.807, 2.05) is 0 Å². The van der Waals surface area contributed by atoms with Crippen molar-refractivity contribution >= 4 is 17.1 Å². The topological polar surface area (TPSA) is 3.24 Å². The van der Waals surface area contributed by atoms with Crippen molar-refractivity contribution in [2.45, 2.75) is 56.8 Å². The molecule has 0 radical (unpaired) electrons. The molecule has 4 bridgehead atoms. The van der Waals surface area contributed by atoms with Gasteiger partial charge < -0.3 is 4.90 Å². The summed E-state index contributed by atoms with van der Waals surface area (Å²) in [5, 5.41) is 0. The maximum Gasteiger partial charge on any atom is 0.0465 e. The van der Waals surface area contributed by atoms with E-state index >= 15 is 0 Å². The number of rotatable bonds is 6. The van der Waals surface area contributed by atoms with Crippen LogP contribution >= 0.6 is 0 Å². The van der Waals surface area contributed by atoms with Crippen molar-refractivity contribution in [3.05, 3.63) is 210 Å². The van der Waals surface area contributed by atoms with Gasteiger partial charge in [-0.05, 0) is 182 Å². The highest BCUT2D eigenvalue weighted by Crippen LogP contribution is 2.69. The van der Waals surface area contributed by atoms with Crippen LogP contribution in [0, 0.1) is 23.7 Å². The zero-order chi connectivity index (χ0) is 41.2. The summed E-state index contributed by atoms with van der Waals surface area (Å²) in [6.07, 6.45) is 7.15. The molecule has 8 aromatic rings. The fourth-order valence-corrected chi connectivity index (χ4v) is 13.7. The van der Waals surface area contributed by atoms with Gasteiger partial charge in [0, 0.05) is 27.9 Å². The summed E-state index contributed by atoms with van der Waals surface area (Å²) in [6.45, 7) is 4.79. The van der Waals surface area contributed by atoms with E-state index < -0.39 is 0 Å². The van der Waals surface area contributed by atoms with Gasteiger partial charge in [0.25, 0.3) is 0 Å². The van der Waals surface area contributed by atoms with E-state index in [2.05, 4.69) is 207 Å². The minimum atomic E-state index is -0.153. The number of fused-ring (bicyclic) bond motifs is 6. The number of benzene rings is 8. The Bertz CT molecular complexity index is 3000. The SMILES string of the molecule is CC1(C)c2cc(-c3ccccc3)ccc2-c2ccc(N(c3ccc(-c4ccccc4)cc3)c3ccc(-c4ccc5c(c4)-c4ccccc4C54C5CC6CC(C5)CC4C6)cc3)cc21. The third kappa shape index (κ3) is 5.27. The highest BCUT2D eigenvalue weighted by Gasteiger charge is 2.61. The minimum Gasteiger partial charge on any atom is -0.310 e.